The lowest BCUT2D eigenvalue weighted by Gasteiger charge is -2.32. The molecule has 3 heterocycles. The predicted molar refractivity (Wildman–Crippen MR) is 85.9 cm³/mol. The van der Waals surface area contributed by atoms with Gasteiger partial charge in [0.05, 0.1) is 6.54 Å². The number of amides is 1. The van der Waals surface area contributed by atoms with Gasteiger partial charge in [-0.05, 0) is 32.8 Å². The van der Waals surface area contributed by atoms with Crippen LogP contribution in [0.2, 0.25) is 0 Å². The van der Waals surface area contributed by atoms with Gasteiger partial charge < -0.3 is 9.64 Å². The molecule has 3 rings (SSSR count). The lowest BCUT2D eigenvalue weighted by atomic mass is 10.1. The van der Waals surface area contributed by atoms with Gasteiger partial charge in [0.2, 0.25) is 5.88 Å². The molecule has 2 aromatic heterocycles. The van der Waals surface area contributed by atoms with Crippen LogP contribution in [0, 0.1) is 13.8 Å². The van der Waals surface area contributed by atoms with E-state index in [1.807, 2.05) is 13.8 Å². The molecule has 2 aromatic rings. The first-order valence-electron chi connectivity index (χ1n) is 7.85. The molecule has 0 aliphatic carbocycles. The molecule has 1 N–H and O–H groups in total. The molecule has 126 valence electrons. The summed E-state index contributed by atoms with van der Waals surface area (Å²) in [6, 6.07) is 4.52. The molecule has 0 spiro atoms. The Labute approximate surface area is 138 Å². The molecule has 0 saturated carbocycles. The zero-order valence-electron chi connectivity index (χ0n) is 13.7. The highest BCUT2D eigenvalue weighted by Gasteiger charge is 2.26. The smallest absolute Gasteiger partial charge is 0.274 e. The number of nitrogens with zero attached hydrogens (tertiary/aromatic N) is 4. The predicted octanol–water partition coefficient (Wildman–Crippen LogP) is 0.860. The lowest BCUT2D eigenvalue weighted by Crippen LogP contribution is -2.44. The number of aromatic amines is 1. The van der Waals surface area contributed by atoms with Crippen molar-refractivity contribution < 1.29 is 9.53 Å². The van der Waals surface area contributed by atoms with E-state index in [2.05, 4.69) is 20.2 Å². The van der Waals surface area contributed by atoms with Gasteiger partial charge in [-0.3, -0.25) is 9.59 Å². The van der Waals surface area contributed by atoms with E-state index in [0.717, 1.165) is 18.5 Å². The van der Waals surface area contributed by atoms with Crippen LogP contribution in [0.5, 0.6) is 5.88 Å². The molecule has 0 aromatic carbocycles. The number of aryl methyl sites for hydroxylation is 2. The molecule has 1 amide bonds. The van der Waals surface area contributed by atoms with Crippen molar-refractivity contribution in [3.63, 3.8) is 0 Å². The first kappa shape index (κ1) is 16.1. The van der Waals surface area contributed by atoms with Crippen LogP contribution < -0.4 is 10.3 Å². The molecule has 1 aliphatic heterocycles. The van der Waals surface area contributed by atoms with Gasteiger partial charge in [0.15, 0.2) is 0 Å². The van der Waals surface area contributed by atoms with Gasteiger partial charge >= 0.3 is 0 Å². The van der Waals surface area contributed by atoms with Gasteiger partial charge in [-0.2, -0.15) is 10.1 Å². The minimum atomic E-state index is -0.332. The highest BCUT2D eigenvalue weighted by atomic mass is 16.5. The van der Waals surface area contributed by atoms with Gasteiger partial charge in [-0.1, -0.05) is 0 Å². The number of H-pyrrole nitrogens is 1. The number of carbonyl (C=O) groups excluding carboxylic acids is 1. The van der Waals surface area contributed by atoms with Crippen LogP contribution in [-0.4, -0.2) is 50.2 Å². The number of rotatable bonds is 3. The van der Waals surface area contributed by atoms with Crippen molar-refractivity contribution in [1.29, 1.82) is 0 Å². The molecule has 1 saturated heterocycles. The second-order valence-corrected chi connectivity index (χ2v) is 5.83. The van der Waals surface area contributed by atoms with E-state index in [1.54, 1.807) is 11.0 Å². The third kappa shape index (κ3) is 3.76. The first-order valence-corrected chi connectivity index (χ1v) is 7.85. The van der Waals surface area contributed by atoms with Crippen LogP contribution >= 0.6 is 0 Å². The number of hydrogen-bond acceptors (Lipinski definition) is 6. The molecule has 1 fully saturated rings. The minimum absolute atomic E-state index is 0.126. The third-order valence-corrected chi connectivity index (χ3v) is 3.79. The van der Waals surface area contributed by atoms with Gasteiger partial charge in [0, 0.05) is 24.4 Å². The summed E-state index contributed by atoms with van der Waals surface area (Å²) in [5.41, 5.74) is 0.739. The highest BCUT2D eigenvalue weighted by molar-refractivity contribution is 5.92. The summed E-state index contributed by atoms with van der Waals surface area (Å²) < 4.78 is 5.93. The number of hydrogen-bond donors (Lipinski definition) is 1. The molecule has 8 heteroatoms. The standard InChI is InChI=1S/C16H19N5O3/c1-10-8-15(18-11(2)17-10)24-12-4-3-7-21(9-12)16(23)13-5-6-14(22)20-19-13/h5-6,8,12H,3-4,7,9H2,1-2H3,(H,20,22). The first-order chi connectivity index (χ1) is 11.5. The zero-order chi connectivity index (χ0) is 17.1. The van der Waals surface area contributed by atoms with Crippen molar-refractivity contribution in [1.82, 2.24) is 25.1 Å². The van der Waals surface area contributed by atoms with Crippen LogP contribution in [-0.2, 0) is 0 Å². The molecule has 0 bridgehead atoms. The van der Waals surface area contributed by atoms with Crippen molar-refractivity contribution in [3.05, 3.63) is 45.8 Å². The Morgan fingerprint density at radius 1 is 1.33 bits per heavy atom. The fraction of sp³-hybridized carbons (Fsp3) is 0.438. The van der Waals surface area contributed by atoms with E-state index in [4.69, 9.17) is 4.74 Å². The Bertz CT molecular complexity index is 764. The van der Waals surface area contributed by atoms with Crippen LogP contribution in [0.15, 0.2) is 23.0 Å². The van der Waals surface area contributed by atoms with Crippen LogP contribution in [0.1, 0.15) is 34.8 Å². The summed E-state index contributed by atoms with van der Waals surface area (Å²) in [5.74, 6) is 0.974. The van der Waals surface area contributed by atoms with E-state index < -0.39 is 0 Å². The van der Waals surface area contributed by atoms with Crippen LogP contribution in [0.4, 0.5) is 0 Å². The summed E-state index contributed by atoms with van der Waals surface area (Å²) in [7, 11) is 0. The van der Waals surface area contributed by atoms with Crippen molar-refractivity contribution in [3.8, 4) is 5.88 Å². The average Bonchev–Trinajstić information content (AvgIpc) is 2.54. The van der Waals surface area contributed by atoms with Gasteiger partial charge in [0.25, 0.3) is 11.5 Å². The van der Waals surface area contributed by atoms with Gasteiger partial charge in [0.1, 0.15) is 17.6 Å². The van der Waals surface area contributed by atoms with Crippen LogP contribution in [0.25, 0.3) is 0 Å². The molecule has 1 unspecified atom stereocenters. The highest BCUT2D eigenvalue weighted by Crippen LogP contribution is 2.18. The Kier molecular flexibility index (Phi) is 4.54. The van der Waals surface area contributed by atoms with Crippen molar-refractivity contribution in [2.45, 2.75) is 32.8 Å². The Morgan fingerprint density at radius 3 is 2.88 bits per heavy atom. The van der Waals surface area contributed by atoms with E-state index in [-0.39, 0.29) is 23.3 Å². The topological polar surface area (TPSA) is 101 Å². The van der Waals surface area contributed by atoms with Crippen LogP contribution in [0.3, 0.4) is 0 Å². The molecule has 0 radical (unpaired) electrons. The van der Waals surface area contributed by atoms with Crippen molar-refractivity contribution in [2.24, 2.45) is 0 Å². The Morgan fingerprint density at radius 2 is 2.17 bits per heavy atom. The largest absolute Gasteiger partial charge is 0.472 e. The quantitative estimate of drug-likeness (QED) is 0.896. The van der Waals surface area contributed by atoms with Gasteiger partial charge in [-0.15, -0.1) is 0 Å². The fourth-order valence-corrected chi connectivity index (χ4v) is 2.76. The second kappa shape index (κ2) is 6.77. The summed E-state index contributed by atoms with van der Waals surface area (Å²) >= 11 is 0. The average molecular weight is 329 g/mol. The minimum Gasteiger partial charge on any atom is -0.472 e. The Hall–Kier alpha value is -2.77. The van der Waals surface area contributed by atoms with E-state index >= 15 is 0 Å². The van der Waals surface area contributed by atoms with E-state index in [0.29, 0.717) is 24.8 Å². The molecule has 1 atom stereocenters. The number of likely N-dealkylation sites (tertiary alicyclic amines) is 1. The number of ether oxygens (including phenoxy) is 1. The zero-order valence-corrected chi connectivity index (χ0v) is 13.7. The maximum atomic E-state index is 12.5. The summed E-state index contributed by atoms with van der Waals surface area (Å²) in [6.07, 6.45) is 1.56. The number of piperidine rings is 1. The third-order valence-electron chi connectivity index (χ3n) is 3.79. The van der Waals surface area contributed by atoms with Crippen molar-refractivity contribution in [2.75, 3.05) is 13.1 Å². The second-order valence-electron chi connectivity index (χ2n) is 5.83. The maximum absolute atomic E-state index is 12.5. The van der Waals surface area contributed by atoms with Crippen molar-refractivity contribution >= 4 is 5.91 Å². The van der Waals surface area contributed by atoms with E-state index in [1.165, 1.54) is 12.1 Å². The number of nitrogens with one attached hydrogen (secondary N) is 1. The SMILES string of the molecule is Cc1cc(OC2CCCN(C(=O)c3ccc(=O)[nH]n3)C2)nc(C)n1. The van der Waals surface area contributed by atoms with E-state index in [9.17, 15) is 9.59 Å². The Balaban J connectivity index is 1.68. The molecular weight excluding hydrogens is 310 g/mol. The number of aromatic nitrogens is 4. The molecule has 1 aliphatic rings. The molecule has 24 heavy (non-hydrogen) atoms. The summed E-state index contributed by atoms with van der Waals surface area (Å²) in [5, 5.41) is 6.08. The fourth-order valence-electron chi connectivity index (χ4n) is 2.76. The van der Waals surface area contributed by atoms with Gasteiger partial charge in [-0.25, -0.2) is 10.1 Å². The summed E-state index contributed by atoms with van der Waals surface area (Å²) in [4.78, 5) is 33.7. The summed E-state index contributed by atoms with van der Waals surface area (Å²) in [6.45, 7) is 4.81. The lowest BCUT2D eigenvalue weighted by molar-refractivity contribution is 0.0520. The maximum Gasteiger partial charge on any atom is 0.274 e. The monoisotopic (exact) mass is 329 g/mol. The molecular formula is C16H19N5O3. The number of carbonyl (C=O) groups is 1. The normalized spacial score (nSPS) is 17.6. The molecule has 8 nitrogen and oxygen atoms in total.